The number of fused-ring (bicyclic) bond motifs is 1. The molecule has 0 unspecified atom stereocenters. The number of nitrogens with one attached hydrogen (secondary N) is 1. The van der Waals surface area contributed by atoms with E-state index in [1.807, 2.05) is 11.4 Å². The molecule has 0 fully saturated rings. The predicted molar refractivity (Wildman–Crippen MR) is 98.4 cm³/mol. The maximum absolute atomic E-state index is 13.1. The molecule has 0 aliphatic carbocycles. The van der Waals surface area contributed by atoms with Crippen LogP contribution in [0.5, 0.6) is 0 Å². The van der Waals surface area contributed by atoms with Gasteiger partial charge in [0.05, 0.1) is 5.69 Å². The summed E-state index contributed by atoms with van der Waals surface area (Å²) in [5, 5.41) is 8.92. The van der Waals surface area contributed by atoms with Gasteiger partial charge in [0.15, 0.2) is 0 Å². The van der Waals surface area contributed by atoms with E-state index in [0.29, 0.717) is 10.5 Å². The van der Waals surface area contributed by atoms with E-state index in [9.17, 15) is 9.18 Å². The molecule has 0 bridgehead atoms. The van der Waals surface area contributed by atoms with Crippen LogP contribution in [0.1, 0.15) is 10.4 Å². The number of amides is 1. The Balaban J connectivity index is 1.64. The maximum Gasteiger partial charge on any atom is 0.258 e. The molecule has 0 spiro atoms. The van der Waals surface area contributed by atoms with Gasteiger partial charge in [0.1, 0.15) is 5.82 Å². The lowest BCUT2D eigenvalue weighted by atomic mass is 10.2. The summed E-state index contributed by atoms with van der Waals surface area (Å²) in [7, 11) is 0. The van der Waals surface area contributed by atoms with Gasteiger partial charge in [0, 0.05) is 21.0 Å². The first-order valence-corrected chi connectivity index (χ1v) is 8.94. The van der Waals surface area contributed by atoms with Crippen molar-refractivity contribution in [1.82, 2.24) is 14.6 Å². The fourth-order valence-corrected chi connectivity index (χ4v) is 3.59. The van der Waals surface area contributed by atoms with E-state index in [4.69, 9.17) is 0 Å². The van der Waals surface area contributed by atoms with Gasteiger partial charge < -0.3 is 0 Å². The zero-order chi connectivity index (χ0) is 17.4. The summed E-state index contributed by atoms with van der Waals surface area (Å²) in [5.41, 5.74) is 2.11. The van der Waals surface area contributed by atoms with E-state index in [1.165, 1.54) is 23.5 Å². The van der Waals surface area contributed by atoms with Crippen LogP contribution in [-0.4, -0.2) is 20.5 Å². The highest BCUT2D eigenvalue weighted by Crippen LogP contribution is 2.26. The highest BCUT2D eigenvalue weighted by molar-refractivity contribution is 9.10. The van der Waals surface area contributed by atoms with Crippen LogP contribution in [0.2, 0.25) is 0 Å². The highest BCUT2D eigenvalue weighted by Gasteiger charge is 2.14. The van der Waals surface area contributed by atoms with Crippen molar-refractivity contribution < 1.29 is 9.18 Å². The average molecular weight is 417 g/mol. The lowest BCUT2D eigenvalue weighted by Gasteiger charge is -2.01. The SMILES string of the molecule is O=C(Nc1nc2scc(-c3ccc(F)cc3)n2n1)c1cccc(Br)c1. The van der Waals surface area contributed by atoms with E-state index in [2.05, 4.69) is 31.3 Å². The van der Waals surface area contributed by atoms with E-state index >= 15 is 0 Å². The number of anilines is 1. The van der Waals surface area contributed by atoms with Gasteiger partial charge in [-0.3, -0.25) is 10.1 Å². The van der Waals surface area contributed by atoms with Crippen LogP contribution in [0.25, 0.3) is 16.2 Å². The molecule has 2 aromatic carbocycles. The minimum Gasteiger partial charge on any atom is -0.289 e. The largest absolute Gasteiger partial charge is 0.289 e. The summed E-state index contributed by atoms with van der Waals surface area (Å²) in [4.78, 5) is 17.3. The van der Waals surface area contributed by atoms with Gasteiger partial charge >= 0.3 is 0 Å². The van der Waals surface area contributed by atoms with Crippen molar-refractivity contribution in [3.05, 3.63) is 69.8 Å². The molecule has 0 saturated heterocycles. The number of thiazole rings is 1. The van der Waals surface area contributed by atoms with E-state index in [1.54, 1.807) is 34.8 Å². The fraction of sp³-hybridized carbons (Fsp3) is 0. The molecule has 0 aliphatic rings. The van der Waals surface area contributed by atoms with Gasteiger partial charge in [0.2, 0.25) is 4.96 Å². The normalized spacial score (nSPS) is 11.0. The maximum atomic E-state index is 13.1. The molecule has 2 aromatic heterocycles. The van der Waals surface area contributed by atoms with Crippen molar-refractivity contribution >= 4 is 44.1 Å². The number of benzene rings is 2. The number of nitrogens with zero attached hydrogens (tertiary/aromatic N) is 3. The second kappa shape index (κ2) is 6.38. The molecule has 1 N–H and O–H groups in total. The van der Waals surface area contributed by atoms with Gasteiger partial charge in [-0.15, -0.1) is 16.4 Å². The molecule has 4 aromatic rings. The Morgan fingerprint density at radius 3 is 2.76 bits per heavy atom. The van der Waals surface area contributed by atoms with Crippen LogP contribution in [0.15, 0.2) is 58.4 Å². The number of halogens is 2. The molecule has 25 heavy (non-hydrogen) atoms. The molecule has 0 atom stereocenters. The lowest BCUT2D eigenvalue weighted by molar-refractivity contribution is 0.102. The van der Waals surface area contributed by atoms with Crippen LogP contribution in [0, 0.1) is 5.82 Å². The molecule has 5 nitrogen and oxygen atoms in total. The molecule has 0 saturated carbocycles. The Kier molecular flexibility index (Phi) is 4.06. The number of hydrogen-bond donors (Lipinski definition) is 1. The first-order chi connectivity index (χ1) is 12.1. The van der Waals surface area contributed by atoms with Crippen LogP contribution >= 0.6 is 27.3 Å². The molecule has 124 valence electrons. The number of carbonyl (C=O) groups is 1. The van der Waals surface area contributed by atoms with E-state index in [0.717, 1.165) is 15.7 Å². The molecular weight excluding hydrogens is 407 g/mol. The smallest absolute Gasteiger partial charge is 0.258 e. The molecular formula is C17H10BrFN4OS. The first kappa shape index (κ1) is 15.9. The topological polar surface area (TPSA) is 59.3 Å². The average Bonchev–Trinajstić information content (AvgIpc) is 3.16. The van der Waals surface area contributed by atoms with Crippen LogP contribution in [0.3, 0.4) is 0 Å². The quantitative estimate of drug-likeness (QED) is 0.530. The van der Waals surface area contributed by atoms with Crippen molar-refractivity contribution in [2.45, 2.75) is 0 Å². The van der Waals surface area contributed by atoms with Gasteiger partial charge in [0.25, 0.3) is 11.9 Å². The Hall–Kier alpha value is -2.58. The molecule has 2 heterocycles. The third-order valence-corrected chi connectivity index (χ3v) is 4.84. The minimum atomic E-state index is -0.296. The van der Waals surface area contributed by atoms with Crippen LogP contribution in [0.4, 0.5) is 10.3 Å². The van der Waals surface area contributed by atoms with Crippen molar-refractivity contribution in [2.75, 3.05) is 5.32 Å². The Morgan fingerprint density at radius 1 is 1.20 bits per heavy atom. The van der Waals surface area contributed by atoms with Crippen molar-refractivity contribution in [3.63, 3.8) is 0 Å². The van der Waals surface area contributed by atoms with E-state index in [-0.39, 0.29) is 17.7 Å². The monoisotopic (exact) mass is 416 g/mol. The van der Waals surface area contributed by atoms with Crippen molar-refractivity contribution in [2.24, 2.45) is 0 Å². The third-order valence-electron chi connectivity index (χ3n) is 3.53. The second-order valence-corrected chi connectivity index (χ2v) is 6.97. The molecule has 0 radical (unpaired) electrons. The van der Waals surface area contributed by atoms with Gasteiger partial charge in [-0.05, 0) is 42.5 Å². The summed E-state index contributed by atoms with van der Waals surface area (Å²) in [6.45, 7) is 0. The van der Waals surface area contributed by atoms with E-state index < -0.39 is 0 Å². The minimum absolute atomic E-state index is 0.222. The molecule has 8 heteroatoms. The summed E-state index contributed by atoms with van der Waals surface area (Å²) >= 11 is 4.73. The third kappa shape index (κ3) is 3.18. The zero-order valence-corrected chi connectivity index (χ0v) is 15.0. The first-order valence-electron chi connectivity index (χ1n) is 7.27. The lowest BCUT2D eigenvalue weighted by Crippen LogP contribution is -2.13. The zero-order valence-electron chi connectivity index (χ0n) is 12.6. The summed E-state index contributed by atoms with van der Waals surface area (Å²) < 4.78 is 15.5. The Morgan fingerprint density at radius 2 is 2.00 bits per heavy atom. The fourth-order valence-electron chi connectivity index (χ4n) is 2.36. The van der Waals surface area contributed by atoms with Gasteiger partial charge in [-0.2, -0.15) is 4.98 Å². The Bertz CT molecular complexity index is 1070. The predicted octanol–water partition coefficient (Wildman–Crippen LogP) is 4.61. The highest BCUT2D eigenvalue weighted by atomic mass is 79.9. The standard InChI is InChI=1S/C17H10BrFN4OS/c18-12-3-1-2-11(8-12)15(24)20-16-21-17-23(22-16)14(9-25-17)10-4-6-13(19)7-5-10/h1-9H,(H,20,22,24). The van der Waals surface area contributed by atoms with Gasteiger partial charge in [-0.25, -0.2) is 8.91 Å². The summed E-state index contributed by atoms with van der Waals surface area (Å²) in [6, 6.07) is 13.2. The van der Waals surface area contributed by atoms with Crippen LogP contribution in [-0.2, 0) is 0 Å². The molecule has 0 aliphatic heterocycles. The summed E-state index contributed by atoms with van der Waals surface area (Å²) in [6.07, 6.45) is 0. The molecule has 1 amide bonds. The number of hydrogen-bond acceptors (Lipinski definition) is 4. The van der Waals surface area contributed by atoms with Crippen molar-refractivity contribution in [1.29, 1.82) is 0 Å². The van der Waals surface area contributed by atoms with Gasteiger partial charge in [-0.1, -0.05) is 22.0 Å². The van der Waals surface area contributed by atoms with Crippen molar-refractivity contribution in [3.8, 4) is 11.3 Å². The second-order valence-electron chi connectivity index (χ2n) is 5.22. The number of aromatic nitrogens is 3. The summed E-state index contributed by atoms with van der Waals surface area (Å²) in [5.74, 6) is -0.362. The van der Waals surface area contributed by atoms with Crippen LogP contribution < -0.4 is 5.32 Å². The Labute approximate surface area is 154 Å². The molecule has 4 rings (SSSR count). The number of rotatable bonds is 3. The number of carbonyl (C=O) groups excluding carboxylic acids is 1.